The maximum atomic E-state index is 13.4. The van der Waals surface area contributed by atoms with Crippen molar-refractivity contribution in [1.82, 2.24) is 5.32 Å². The molecule has 3 rings (SSSR count). The molecule has 0 radical (unpaired) electrons. The summed E-state index contributed by atoms with van der Waals surface area (Å²) in [5.41, 5.74) is 0.635. The van der Waals surface area contributed by atoms with E-state index in [2.05, 4.69) is 5.32 Å². The number of rotatable bonds is 3. The Kier molecular flexibility index (Phi) is 5.79. The van der Waals surface area contributed by atoms with Gasteiger partial charge in [-0.2, -0.15) is 22.0 Å². The molecule has 0 saturated carbocycles. The molecule has 2 aliphatic heterocycles. The van der Waals surface area contributed by atoms with Gasteiger partial charge in [-0.1, -0.05) is 30.3 Å². The van der Waals surface area contributed by atoms with Gasteiger partial charge in [0.1, 0.15) is 0 Å². The zero-order chi connectivity index (χ0) is 20.4. The van der Waals surface area contributed by atoms with Crippen molar-refractivity contribution in [3.05, 3.63) is 71.2 Å². The minimum Gasteiger partial charge on any atom is -0.465 e. The Morgan fingerprint density at radius 1 is 1.07 bits per heavy atom. The summed E-state index contributed by atoms with van der Waals surface area (Å²) in [4.78, 5) is 0. The lowest BCUT2D eigenvalue weighted by Crippen LogP contribution is -2.33. The van der Waals surface area contributed by atoms with Gasteiger partial charge in [-0.25, -0.2) is 0 Å². The van der Waals surface area contributed by atoms with Crippen molar-refractivity contribution in [2.45, 2.75) is 31.5 Å². The summed E-state index contributed by atoms with van der Waals surface area (Å²) in [6, 6.07) is 4.20. The molecule has 3 nitrogen and oxygen atoms in total. The highest BCUT2D eigenvalue weighted by Gasteiger charge is 2.58. The first-order valence-corrected chi connectivity index (χ1v) is 8.76. The Bertz CT molecular complexity index is 781. The molecule has 152 valence electrons. The number of alkyl halides is 5. The highest BCUT2D eigenvalue weighted by atomic mass is 19.4. The second kappa shape index (κ2) is 7.95. The summed E-state index contributed by atoms with van der Waals surface area (Å²) < 4.78 is 74.9. The van der Waals surface area contributed by atoms with Crippen LogP contribution in [0.25, 0.3) is 0 Å². The predicted octanol–water partition coefficient (Wildman–Crippen LogP) is 5.34. The zero-order valence-electron chi connectivity index (χ0n) is 15.1. The first-order valence-electron chi connectivity index (χ1n) is 8.76. The van der Waals surface area contributed by atoms with Gasteiger partial charge in [0.05, 0.1) is 12.0 Å². The van der Waals surface area contributed by atoms with Crippen LogP contribution >= 0.6 is 0 Å². The topological polar surface area (TPSA) is 30.5 Å². The van der Waals surface area contributed by atoms with Gasteiger partial charge in [0.15, 0.2) is 0 Å². The molecule has 2 heterocycles. The number of benzene rings is 1. The molecule has 2 atom stereocenters. The SMILES string of the molecule is C\C1=C/C([C@H]2CNC(c3ccc(C(F)(F)C(F)(F)F)cc3)C2)=C\C=C\OCO1. The molecule has 0 aromatic heterocycles. The summed E-state index contributed by atoms with van der Waals surface area (Å²) in [6.45, 7) is 2.60. The Morgan fingerprint density at radius 2 is 1.79 bits per heavy atom. The van der Waals surface area contributed by atoms with E-state index in [9.17, 15) is 22.0 Å². The smallest absolute Gasteiger partial charge is 0.458 e. The van der Waals surface area contributed by atoms with Crippen molar-refractivity contribution in [2.75, 3.05) is 13.3 Å². The lowest BCUT2D eigenvalue weighted by atomic mass is 9.92. The molecule has 0 bridgehead atoms. The van der Waals surface area contributed by atoms with E-state index in [1.54, 1.807) is 6.08 Å². The third-order valence-electron chi connectivity index (χ3n) is 4.82. The molecule has 28 heavy (non-hydrogen) atoms. The molecular weight excluding hydrogens is 381 g/mol. The summed E-state index contributed by atoms with van der Waals surface area (Å²) in [7, 11) is 0. The third-order valence-corrected chi connectivity index (χ3v) is 4.82. The van der Waals surface area contributed by atoms with Gasteiger partial charge in [-0.15, -0.1) is 0 Å². The first kappa shape index (κ1) is 20.4. The van der Waals surface area contributed by atoms with Gasteiger partial charge < -0.3 is 14.8 Å². The maximum absolute atomic E-state index is 13.4. The second-order valence-electron chi connectivity index (χ2n) is 6.77. The van der Waals surface area contributed by atoms with Crippen LogP contribution in [0.3, 0.4) is 0 Å². The van der Waals surface area contributed by atoms with E-state index >= 15 is 0 Å². The first-order chi connectivity index (χ1) is 13.2. The quantitative estimate of drug-likeness (QED) is 0.694. The molecule has 1 aromatic carbocycles. The van der Waals surface area contributed by atoms with Crippen LogP contribution in [0.4, 0.5) is 22.0 Å². The lowest BCUT2D eigenvalue weighted by Gasteiger charge is -2.20. The van der Waals surface area contributed by atoms with Crippen molar-refractivity contribution in [3.63, 3.8) is 0 Å². The van der Waals surface area contributed by atoms with Gasteiger partial charge in [0.2, 0.25) is 6.79 Å². The van der Waals surface area contributed by atoms with Crippen LogP contribution in [-0.4, -0.2) is 19.5 Å². The van der Waals surface area contributed by atoms with Crippen LogP contribution in [0, 0.1) is 5.92 Å². The number of allylic oxidation sites excluding steroid dienone is 4. The van der Waals surface area contributed by atoms with Crippen molar-refractivity contribution in [1.29, 1.82) is 0 Å². The predicted molar refractivity (Wildman–Crippen MR) is 93.3 cm³/mol. The van der Waals surface area contributed by atoms with Crippen molar-refractivity contribution >= 4 is 0 Å². The van der Waals surface area contributed by atoms with E-state index in [-0.39, 0.29) is 18.8 Å². The van der Waals surface area contributed by atoms with Crippen LogP contribution in [0.2, 0.25) is 0 Å². The molecule has 1 saturated heterocycles. The molecule has 0 amide bonds. The Labute approximate surface area is 159 Å². The summed E-state index contributed by atoms with van der Waals surface area (Å²) in [5, 5.41) is 3.30. The largest absolute Gasteiger partial charge is 0.465 e. The minimum atomic E-state index is -5.61. The van der Waals surface area contributed by atoms with Gasteiger partial charge in [-0.05, 0) is 42.6 Å². The van der Waals surface area contributed by atoms with E-state index in [1.165, 1.54) is 18.4 Å². The lowest BCUT2D eigenvalue weighted by molar-refractivity contribution is -0.289. The Morgan fingerprint density at radius 3 is 2.46 bits per heavy atom. The Hall–Kier alpha value is -2.35. The summed E-state index contributed by atoms with van der Waals surface area (Å²) in [6.07, 6.45) is 2.21. The van der Waals surface area contributed by atoms with Crippen LogP contribution in [0.15, 0.2) is 60.1 Å². The van der Waals surface area contributed by atoms with Gasteiger partial charge in [-0.3, -0.25) is 0 Å². The highest BCUT2D eigenvalue weighted by molar-refractivity contribution is 5.33. The minimum absolute atomic E-state index is 0.125. The van der Waals surface area contributed by atoms with E-state index in [1.807, 2.05) is 19.1 Å². The van der Waals surface area contributed by atoms with E-state index in [4.69, 9.17) is 9.47 Å². The van der Waals surface area contributed by atoms with E-state index < -0.39 is 17.7 Å². The van der Waals surface area contributed by atoms with Gasteiger partial charge >= 0.3 is 12.1 Å². The highest BCUT2D eigenvalue weighted by Crippen LogP contribution is 2.44. The molecule has 1 unspecified atom stereocenters. The fourth-order valence-corrected chi connectivity index (χ4v) is 3.28. The van der Waals surface area contributed by atoms with Crippen molar-refractivity contribution in [3.8, 4) is 0 Å². The van der Waals surface area contributed by atoms with Crippen molar-refractivity contribution < 1.29 is 31.4 Å². The number of halogens is 5. The molecule has 0 spiro atoms. The molecule has 1 fully saturated rings. The van der Waals surface area contributed by atoms with Gasteiger partial charge in [0.25, 0.3) is 0 Å². The van der Waals surface area contributed by atoms with Crippen LogP contribution < -0.4 is 5.32 Å². The summed E-state index contributed by atoms with van der Waals surface area (Å²) >= 11 is 0. The average Bonchev–Trinajstić information content (AvgIpc) is 3.14. The standard InChI is InChI=1S/C20H20F5NO2/c1-13-9-15(3-2-8-27-12-28-13)16-10-18(26-11-16)14-4-6-17(7-5-14)19(21,22)20(23,24)25/h2-9,16,18,26H,10-12H2,1H3/b8-2+,13-9+,15-3+/t16-,18?/m1/s1. The Balaban J connectivity index is 1.73. The monoisotopic (exact) mass is 401 g/mol. The number of hydrogen-bond acceptors (Lipinski definition) is 3. The number of nitrogens with one attached hydrogen (secondary N) is 1. The molecule has 1 N–H and O–H groups in total. The zero-order valence-corrected chi connectivity index (χ0v) is 15.1. The van der Waals surface area contributed by atoms with Crippen LogP contribution in [-0.2, 0) is 15.4 Å². The third kappa shape index (κ3) is 4.38. The van der Waals surface area contributed by atoms with Gasteiger partial charge in [0, 0.05) is 18.2 Å². The number of hydrogen-bond donors (Lipinski definition) is 1. The molecule has 8 heteroatoms. The van der Waals surface area contributed by atoms with Crippen LogP contribution in [0.1, 0.15) is 30.5 Å². The fourth-order valence-electron chi connectivity index (χ4n) is 3.28. The van der Waals surface area contributed by atoms with Crippen LogP contribution in [0.5, 0.6) is 0 Å². The fraction of sp³-hybridized carbons (Fsp3) is 0.400. The van der Waals surface area contributed by atoms with E-state index in [0.717, 1.165) is 17.7 Å². The molecule has 1 aromatic rings. The summed E-state index contributed by atoms with van der Waals surface area (Å²) in [5.74, 6) is -4.02. The second-order valence-corrected chi connectivity index (χ2v) is 6.77. The molecular formula is C20H20F5NO2. The molecule has 2 aliphatic rings. The number of ether oxygens (including phenoxy) is 2. The van der Waals surface area contributed by atoms with Crippen molar-refractivity contribution in [2.24, 2.45) is 5.92 Å². The normalized spacial score (nSPS) is 28.5. The maximum Gasteiger partial charge on any atom is 0.458 e. The average molecular weight is 401 g/mol. The van der Waals surface area contributed by atoms with E-state index in [0.29, 0.717) is 24.3 Å². The molecule has 0 aliphatic carbocycles.